The number of carbonyl (C=O) groups excluding carboxylic acids is 2. The first kappa shape index (κ1) is 24.0. The molecule has 3 rings (SSSR count). The fourth-order valence-corrected chi connectivity index (χ4v) is 5.78. The Bertz CT molecular complexity index is 1040. The van der Waals surface area contributed by atoms with Gasteiger partial charge in [-0.05, 0) is 66.6 Å². The van der Waals surface area contributed by atoms with Crippen LogP contribution >= 0.6 is 46.8 Å². The summed E-state index contributed by atoms with van der Waals surface area (Å²) in [6.45, 7) is 6.72. The minimum Gasteiger partial charge on any atom is -0.465 e. The molecule has 0 bridgehead atoms. The lowest BCUT2D eigenvalue weighted by Crippen LogP contribution is -2.34. The summed E-state index contributed by atoms with van der Waals surface area (Å²) in [5, 5.41) is 6.94. The Kier molecular flexibility index (Phi) is 7.31. The van der Waals surface area contributed by atoms with Crippen molar-refractivity contribution in [3.05, 3.63) is 49.8 Å². The molecule has 2 aromatic rings. The summed E-state index contributed by atoms with van der Waals surface area (Å²) in [5.74, 6) is -0.354. The lowest BCUT2D eigenvalue weighted by atomic mass is 9.72. The van der Waals surface area contributed by atoms with Crippen molar-refractivity contribution in [2.45, 2.75) is 40.0 Å². The van der Waals surface area contributed by atoms with Crippen LogP contribution in [0.3, 0.4) is 0 Å². The number of hydrogen-bond donors (Lipinski definition) is 2. The summed E-state index contributed by atoms with van der Waals surface area (Å²) in [7, 11) is 1.36. The molecule has 2 N–H and O–H groups in total. The molecule has 9 heteroatoms. The zero-order chi connectivity index (χ0) is 22.9. The second kappa shape index (κ2) is 9.45. The van der Waals surface area contributed by atoms with Gasteiger partial charge in [0.1, 0.15) is 5.00 Å². The van der Waals surface area contributed by atoms with Gasteiger partial charge in [0.05, 0.1) is 23.3 Å². The lowest BCUT2D eigenvalue weighted by molar-refractivity contribution is 0.0600. The minimum atomic E-state index is -0.465. The first-order chi connectivity index (χ1) is 14.5. The van der Waals surface area contributed by atoms with E-state index in [2.05, 4.69) is 31.4 Å². The van der Waals surface area contributed by atoms with E-state index in [1.54, 1.807) is 6.07 Å². The van der Waals surface area contributed by atoms with Gasteiger partial charge < -0.3 is 10.1 Å². The van der Waals surface area contributed by atoms with Gasteiger partial charge in [0.15, 0.2) is 5.11 Å². The van der Waals surface area contributed by atoms with E-state index in [1.807, 2.05) is 0 Å². The van der Waals surface area contributed by atoms with Crippen LogP contribution in [-0.4, -0.2) is 24.1 Å². The molecule has 0 saturated heterocycles. The number of benzene rings is 1. The van der Waals surface area contributed by atoms with Crippen LogP contribution in [0.1, 0.15) is 58.3 Å². The largest absolute Gasteiger partial charge is 0.465 e. The van der Waals surface area contributed by atoms with Crippen LogP contribution in [0.15, 0.2) is 18.2 Å². The number of anilines is 1. The quantitative estimate of drug-likeness (QED) is 0.394. The third kappa shape index (κ3) is 5.40. The Balaban J connectivity index is 1.82. The second-order valence-electron chi connectivity index (χ2n) is 8.54. The number of thiocarbonyl (C=S) groups is 1. The molecule has 1 atom stereocenters. The Morgan fingerprint density at radius 2 is 1.97 bits per heavy atom. The van der Waals surface area contributed by atoms with Crippen molar-refractivity contribution < 1.29 is 14.3 Å². The molecule has 166 valence electrons. The van der Waals surface area contributed by atoms with E-state index < -0.39 is 11.9 Å². The molecule has 1 unspecified atom stereocenters. The maximum atomic E-state index is 12.5. The molecular weight excluding hydrogens is 475 g/mol. The molecule has 0 fully saturated rings. The van der Waals surface area contributed by atoms with Gasteiger partial charge >= 0.3 is 5.97 Å². The normalized spacial score (nSPS) is 15.7. The first-order valence-electron chi connectivity index (χ1n) is 9.81. The summed E-state index contributed by atoms with van der Waals surface area (Å²) in [5.41, 5.74) is 1.94. The number of hydrogen-bond acceptors (Lipinski definition) is 5. The van der Waals surface area contributed by atoms with Crippen LogP contribution in [0.4, 0.5) is 5.00 Å². The number of nitrogens with one attached hydrogen (secondary N) is 2. The van der Waals surface area contributed by atoms with Crippen molar-refractivity contribution in [1.29, 1.82) is 0 Å². The number of rotatable bonds is 3. The number of amides is 1. The van der Waals surface area contributed by atoms with Gasteiger partial charge in [-0.1, -0.05) is 44.0 Å². The van der Waals surface area contributed by atoms with Crippen molar-refractivity contribution >= 4 is 68.7 Å². The number of thiophene rings is 1. The van der Waals surface area contributed by atoms with Crippen LogP contribution in [-0.2, 0) is 17.6 Å². The standard InChI is InChI=1S/C22H24Cl2N2O3S2/c1-22(2,3)11-5-7-14-16(9-11)31-19(17(14)20(28)29-4)26-21(30)25-18(27)13-8-6-12(23)10-15(13)24/h6,8,10-11H,5,7,9H2,1-4H3,(H2,25,26,27,30). The van der Waals surface area contributed by atoms with Crippen LogP contribution in [0.5, 0.6) is 0 Å². The topological polar surface area (TPSA) is 67.4 Å². The van der Waals surface area contributed by atoms with Gasteiger partial charge in [0.2, 0.25) is 0 Å². The van der Waals surface area contributed by atoms with E-state index in [0.29, 0.717) is 21.5 Å². The molecule has 0 saturated carbocycles. The van der Waals surface area contributed by atoms with Crippen molar-refractivity contribution in [3.8, 4) is 0 Å². The van der Waals surface area contributed by atoms with E-state index in [4.69, 9.17) is 40.2 Å². The number of esters is 1. The van der Waals surface area contributed by atoms with E-state index in [1.165, 1.54) is 30.6 Å². The predicted octanol–water partition coefficient (Wildman–Crippen LogP) is 6.12. The number of halogens is 2. The van der Waals surface area contributed by atoms with Crippen molar-refractivity contribution in [1.82, 2.24) is 5.32 Å². The summed E-state index contributed by atoms with van der Waals surface area (Å²) >= 11 is 18.8. The Morgan fingerprint density at radius 1 is 1.26 bits per heavy atom. The van der Waals surface area contributed by atoms with Crippen molar-refractivity contribution in [2.24, 2.45) is 11.3 Å². The zero-order valence-corrected chi connectivity index (χ0v) is 20.9. The highest BCUT2D eigenvalue weighted by Crippen LogP contribution is 2.44. The molecule has 1 heterocycles. The molecule has 1 amide bonds. The molecule has 1 aromatic heterocycles. The smallest absolute Gasteiger partial charge is 0.341 e. The summed E-state index contributed by atoms with van der Waals surface area (Å²) in [4.78, 5) is 26.2. The van der Waals surface area contributed by atoms with Gasteiger partial charge in [-0.3, -0.25) is 10.1 Å². The maximum Gasteiger partial charge on any atom is 0.341 e. The van der Waals surface area contributed by atoms with E-state index in [-0.39, 0.29) is 21.1 Å². The summed E-state index contributed by atoms with van der Waals surface area (Å²) < 4.78 is 5.02. The Morgan fingerprint density at radius 3 is 2.58 bits per heavy atom. The SMILES string of the molecule is COC(=O)c1c(NC(=S)NC(=O)c2ccc(Cl)cc2Cl)sc2c1CCC(C(C)(C)C)C2. The molecule has 1 aromatic carbocycles. The average Bonchev–Trinajstić information content (AvgIpc) is 3.03. The van der Waals surface area contributed by atoms with Gasteiger partial charge in [0, 0.05) is 9.90 Å². The molecule has 31 heavy (non-hydrogen) atoms. The summed E-state index contributed by atoms with van der Waals surface area (Å²) in [6.07, 6.45) is 2.71. The minimum absolute atomic E-state index is 0.0761. The molecule has 0 spiro atoms. The van der Waals surface area contributed by atoms with Gasteiger partial charge in [-0.25, -0.2) is 4.79 Å². The lowest BCUT2D eigenvalue weighted by Gasteiger charge is -2.33. The van der Waals surface area contributed by atoms with Crippen molar-refractivity contribution in [2.75, 3.05) is 12.4 Å². The van der Waals surface area contributed by atoms with Gasteiger partial charge in [-0.2, -0.15) is 0 Å². The highest BCUT2D eigenvalue weighted by molar-refractivity contribution is 7.80. The molecule has 5 nitrogen and oxygen atoms in total. The van der Waals surface area contributed by atoms with Crippen LogP contribution in [0.2, 0.25) is 10.0 Å². The third-order valence-corrected chi connectivity index (χ3v) is 7.43. The highest BCUT2D eigenvalue weighted by Gasteiger charge is 2.34. The molecule has 0 aliphatic heterocycles. The van der Waals surface area contributed by atoms with E-state index in [0.717, 1.165) is 29.7 Å². The monoisotopic (exact) mass is 498 g/mol. The maximum absolute atomic E-state index is 12.5. The zero-order valence-electron chi connectivity index (χ0n) is 17.7. The second-order valence-corrected chi connectivity index (χ2v) is 10.9. The fourth-order valence-electron chi connectivity index (χ4n) is 3.71. The van der Waals surface area contributed by atoms with Crippen LogP contribution in [0.25, 0.3) is 0 Å². The number of methoxy groups -OCH3 is 1. The van der Waals surface area contributed by atoms with E-state index in [9.17, 15) is 9.59 Å². The number of fused-ring (bicyclic) bond motifs is 1. The Labute approximate surface area is 201 Å². The Hall–Kier alpha value is -1.67. The fraction of sp³-hybridized carbons (Fsp3) is 0.409. The van der Waals surface area contributed by atoms with Gasteiger partial charge in [-0.15, -0.1) is 11.3 Å². The van der Waals surface area contributed by atoms with Crippen LogP contribution in [0, 0.1) is 11.3 Å². The number of ether oxygens (including phenoxy) is 1. The van der Waals surface area contributed by atoms with Crippen LogP contribution < -0.4 is 10.6 Å². The molecule has 0 radical (unpaired) electrons. The first-order valence-corrected chi connectivity index (χ1v) is 11.8. The molecule has 1 aliphatic carbocycles. The van der Waals surface area contributed by atoms with E-state index >= 15 is 0 Å². The van der Waals surface area contributed by atoms with Gasteiger partial charge in [0.25, 0.3) is 5.91 Å². The summed E-state index contributed by atoms with van der Waals surface area (Å²) in [6, 6.07) is 4.59. The molecular formula is C22H24Cl2N2O3S2. The number of carbonyl (C=O) groups is 2. The third-order valence-electron chi connectivity index (χ3n) is 5.51. The highest BCUT2D eigenvalue weighted by atomic mass is 35.5. The average molecular weight is 499 g/mol. The molecule has 1 aliphatic rings. The predicted molar refractivity (Wildman–Crippen MR) is 131 cm³/mol. The van der Waals surface area contributed by atoms with Crippen molar-refractivity contribution in [3.63, 3.8) is 0 Å².